The van der Waals surface area contributed by atoms with Crippen LogP contribution in [0.3, 0.4) is 0 Å². The second-order valence-electron chi connectivity index (χ2n) is 4.99. The zero-order chi connectivity index (χ0) is 12.8. The van der Waals surface area contributed by atoms with Gasteiger partial charge in [0.15, 0.2) is 0 Å². The van der Waals surface area contributed by atoms with Crippen molar-refractivity contribution in [1.82, 2.24) is 5.32 Å². The summed E-state index contributed by atoms with van der Waals surface area (Å²) in [7, 11) is 0. The molecule has 0 fully saturated rings. The van der Waals surface area contributed by atoms with Crippen LogP contribution < -0.4 is 5.32 Å². The monoisotopic (exact) mass is 279 g/mol. The Hall–Kier alpha value is -0.640. The molecule has 2 aromatic rings. The normalized spacial score (nSPS) is 11.3. The second kappa shape index (κ2) is 7.07. The van der Waals surface area contributed by atoms with Gasteiger partial charge in [0, 0.05) is 21.9 Å². The predicted octanol–water partition coefficient (Wildman–Crippen LogP) is 5.00. The highest BCUT2D eigenvalue weighted by atomic mass is 32.1. The van der Waals surface area contributed by atoms with Gasteiger partial charge in [-0.15, -0.1) is 22.7 Å². The lowest BCUT2D eigenvalue weighted by atomic mass is 10.1. The molecule has 98 valence electrons. The lowest BCUT2D eigenvalue weighted by Gasteiger charge is -2.05. The second-order valence-corrected chi connectivity index (χ2v) is 6.94. The van der Waals surface area contributed by atoms with E-state index in [9.17, 15) is 0 Å². The van der Waals surface area contributed by atoms with Crippen molar-refractivity contribution < 1.29 is 0 Å². The van der Waals surface area contributed by atoms with Crippen LogP contribution in [0.15, 0.2) is 29.0 Å². The quantitative estimate of drug-likeness (QED) is 0.703. The predicted molar refractivity (Wildman–Crippen MR) is 83.4 cm³/mol. The van der Waals surface area contributed by atoms with Gasteiger partial charge in [-0.1, -0.05) is 19.9 Å². The SMILES string of the molecule is CC(C)CCCNCc1cc(-c2cccs2)cs1. The van der Waals surface area contributed by atoms with Crippen molar-refractivity contribution in [2.45, 2.75) is 33.2 Å². The van der Waals surface area contributed by atoms with Crippen molar-refractivity contribution >= 4 is 22.7 Å². The fraction of sp³-hybridized carbons (Fsp3) is 0.467. The molecule has 18 heavy (non-hydrogen) atoms. The van der Waals surface area contributed by atoms with E-state index >= 15 is 0 Å². The minimum Gasteiger partial charge on any atom is -0.312 e. The number of hydrogen-bond donors (Lipinski definition) is 1. The summed E-state index contributed by atoms with van der Waals surface area (Å²) in [6.45, 7) is 6.71. The van der Waals surface area contributed by atoms with E-state index in [1.165, 1.54) is 28.2 Å². The minimum absolute atomic E-state index is 0.818. The summed E-state index contributed by atoms with van der Waals surface area (Å²) in [5.74, 6) is 0.818. The summed E-state index contributed by atoms with van der Waals surface area (Å²) in [4.78, 5) is 2.81. The van der Waals surface area contributed by atoms with Crippen molar-refractivity contribution in [3.63, 3.8) is 0 Å². The molecular weight excluding hydrogens is 258 g/mol. The number of rotatable bonds is 7. The van der Waals surface area contributed by atoms with E-state index in [1.54, 1.807) is 0 Å². The van der Waals surface area contributed by atoms with Crippen LogP contribution in [0, 0.1) is 5.92 Å². The third-order valence-electron chi connectivity index (χ3n) is 2.89. The van der Waals surface area contributed by atoms with Gasteiger partial charge in [-0.05, 0) is 48.2 Å². The fourth-order valence-electron chi connectivity index (χ4n) is 1.89. The maximum absolute atomic E-state index is 3.53. The van der Waals surface area contributed by atoms with Crippen LogP contribution in [-0.4, -0.2) is 6.54 Å². The van der Waals surface area contributed by atoms with Gasteiger partial charge in [0.05, 0.1) is 0 Å². The molecule has 0 aliphatic heterocycles. The first-order valence-corrected chi connectivity index (χ1v) is 8.33. The molecule has 0 spiro atoms. The summed E-state index contributed by atoms with van der Waals surface area (Å²) in [6.07, 6.45) is 2.60. The van der Waals surface area contributed by atoms with Crippen LogP contribution in [0.5, 0.6) is 0 Å². The molecule has 0 unspecified atom stereocenters. The molecule has 1 N–H and O–H groups in total. The first-order chi connectivity index (χ1) is 8.75. The Morgan fingerprint density at radius 2 is 2.17 bits per heavy atom. The highest BCUT2D eigenvalue weighted by Gasteiger charge is 2.03. The Kier molecular flexibility index (Phi) is 5.42. The first kappa shape index (κ1) is 13.8. The maximum atomic E-state index is 3.53. The van der Waals surface area contributed by atoms with Gasteiger partial charge in [0.25, 0.3) is 0 Å². The van der Waals surface area contributed by atoms with Crippen LogP contribution >= 0.6 is 22.7 Å². The molecule has 0 atom stereocenters. The number of hydrogen-bond acceptors (Lipinski definition) is 3. The molecule has 0 aromatic carbocycles. The van der Waals surface area contributed by atoms with E-state index in [0.717, 1.165) is 19.0 Å². The number of nitrogens with one attached hydrogen (secondary N) is 1. The third-order valence-corrected chi connectivity index (χ3v) is 4.75. The minimum atomic E-state index is 0.818. The Balaban J connectivity index is 1.74. The summed E-state index contributed by atoms with van der Waals surface area (Å²) >= 11 is 3.67. The third kappa shape index (κ3) is 4.23. The molecule has 2 rings (SSSR count). The molecule has 0 aliphatic rings. The topological polar surface area (TPSA) is 12.0 Å². The zero-order valence-electron chi connectivity index (χ0n) is 11.1. The molecule has 2 aromatic heterocycles. The average Bonchev–Trinajstić information content (AvgIpc) is 2.98. The fourth-order valence-corrected chi connectivity index (χ4v) is 3.54. The highest BCUT2D eigenvalue weighted by molar-refractivity contribution is 7.14. The van der Waals surface area contributed by atoms with Crippen molar-refractivity contribution in [1.29, 1.82) is 0 Å². The first-order valence-electron chi connectivity index (χ1n) is 6.57. The van der Waals surface area contributed by atoms with Crippen molar-refractivity contribution in [3.8, 4) is 10.4 Å². The largest absolute Gasteiger partial charge is 0.312 e. The molecule has 1 nitrogen and oxygen atoms in total. The molecule has 3 heteroatoms. The van der Waals surface area contributed by atoms with E-state index in [-0.39, 0.29) is 0 Å². The van der Waals surface area contributed by atoms with Crippen molar-refractivity contribution in [2.75, 3.05) is 6.54 Å². The molecule has 0 radical (unpaired) electrons. The van der Waals surface area contributed by atoms with Gasteiger partial charge < -0.3 is 5.32 Å². The molecule has 0 amide bonds. The van der Waals surface area contributed by atoms with Crippen LogP contribution in [0.2, 0.25) is 0 Å². The lowest BCUT2D eigenvalue weighted by molar-refractivity contribution is 0.528. The molecule has 0 aliphatic carbocycles. The summed E-state index contributed by atoms with van der Waals surface area (Å²) in [5.41, 5.74) is 1.37. The Morgan fingerprint density at radius 3 is 2.89 bits per heavy atom. The van der Waals surface area contributed by atoms with Gasteiger partial charge in [-0.3, -0.25) is 0 Å². The maximum Gasteiger partial charge on any atom is 0.0351 e. The molecular formula is C15H21NS2. The summed E-state index contributed by atoms with van der Waals surface area (Å²) in [6, 6.07) is 6.61. The smallest absolute Gasteiger partial charge is 0.0351 e. The van der Waals surface area contributed by atoms with E-state index in [4.69, 9.17) is 0 Å². The van der Waals surface area contributed by atoms with Crippen LogP contribution in [0.1, 0.15) is 31.6 Å². The van der Waals surface area contributed by atoms with Gasteiger partial charge in [-0.25, -0.2) is 0 Å². The zero-order valence-corrected chi connectivity index (χ0v) is 12.7. The number of thiophene rings is 2. The highest BCUT2D eigenvalue weighted by Crippen LogP contribution is 2.29. The molecule has 0 saturated carbocycles. The molecule has 0 bridgehead atoms. The lowest BCUT2D eigenvalue weighted by Crippen LogP contribution is -2.14. The van der Waals surface area contributed by atoms with Gasteiger partial charge >= 0.3 is 0 Å². The van der Waals surface area contributed by atoms with Crippen LogP contribution in [-0.2, 0) is 6.54 Å². The van der Waals surface area contributed by atoms with Crippen LogP contribution in [0.25, 0.3) is 10.4 Å². The summed E-state index contributed by atoms with van der Waals surface area (Å²) in [5, 5.41) is 7.93. The average molecular weight is 279 g/mol. The molecule has 2 heterocycles. The summed E-state index contributed by atoms with van der Waals surface area (Å²) < 4.78 is 0. The van der Waals surface area contributed by atoms with E-state index < -0.39 is 0 Å². The van der Waals surface area contributed by atoms with Crippen molar-refractivity contribution in [3.05, 3.63) is 33.8 Å². The van der Waals surface area contributed by atoms with Gasteiger partial charge in [-0.2, -0.15) is 0 Å². The van der Waals surface area contributed by atoms with Crippen molar-refractivity contribution in [2.24, 2.45) is 5.92 Å². The van der Waals surface area contributed by atoms with Gasteiger partial charge in [0.1, 0.15) is 0 Å². The van der Waals surface area contributed by atoms with Gasteiger partial charge in [0.2, 0.25) is 0 Å². The Bertz CT molecular complexity index is 443. The Labute approximate surface area is 118 Å². The molecule has 0 saturated heterocycles. The van der Waals surface area contributed by atoms with E-state index in [0.29, 0.717) is 0 Å². The Morgan fingerprint density at radius 1 is 1.28 bits per heavy atom. The standard InChI is InChI=1S/C15H21NS2/c1-12(2)5-3-7-16-10-14-9-13(11-18-14)15-6-4-8-17-15/h4,6,8-9,11-12,16H,3,5,7,10H2,1-2H3. The van der Waals surface area contributed by atoms with E-state index in [2.05, 4.69) is 48.1 Å². The van der Waals surface area contributed by atoms with Crippen LogP contribution in [0.4, 0.5) is 0 Å². The van der Waals surface area contributed by atoms with E-state index in [1.807, 2.05) is 22.7 Å².